The van der Waals surface area contributed by atoms with Gasteiger partial charge < -0.3 is 10.1 Å². The molecule has 3 heterocycles. The molecule has 2 aromatic heterocycles. The number of nitrogens with zero attached hydrogens (tertiary/aromatic N) is 4. The van der Waals surface area contributed by atoms with Crippen LogP contribution in [0.3, 0.4) is 0 Å². The van der Waals surface area contributed by atoms with Crippen molar-refractivity contribution >= 4 is 33.2 Å². The molecule has 1 aromatic carbocycles. The highest BCUT2D eigenvalue weighted by Crippen LogP contribution is 2.25. The van der Waals surface area contributed by atoms with Crippen LogP contribution in [0.15, 0.2) is 41.3 Å². The molecule has 0 spiro atoms. The van der Waals surface area contributed by atoms with E-state index < -0.39 is 26.6 Å². The maximum atomic E-state index is 14.4. The second kappa shape index (κ2) is 9.18. The second-order valence-electron chi connectivity index (χ2n) is 7.45. The molecule has 33 heavy (non-hydrogen) atoms. The predicted octanol–water partition coefficient (Wildman–Crippen LogP) is 2.95. The fraction of sp³-hybridized carbons (Fsp3) is 0.286. The van der Waals surface area contributed by atoms with E-state index in [1.807, 2.05) is 19.9 Å². The first-order chi connectivity index (χ1) is 15.7. The van der Waals surface area contributed by atoms with E-state index in [-0.39, 0.29) is 42.7 Å². The third kappa shape index (κ3) is 4.76. The number of nitrogens with one attached hydrogen (secondary N) is 1. The van der Waals surface area contributed by atoms with Crippen LogP contribution in [0.5, 0.6) is 0 Å². The molecule has 1 amide bonds. The summed E-state index contributed by atoms with van der Waals surface area (Å²) in [5.74, 6) is -1.20. The number of hydrogen-bond donors (Lipinski definition) is 1. The molecule has 1 aliphatic heterocycles. The Labute approximate surface area is 195 Å². The van der Waals surface area contributed by atoms with Gasteiger partial charge in [0.1, 0.15) is 16.4 Å². The maximum Gasteiger partial charge on any atom is 0.275 e. The zero-order chi connectivity index (χ0) is 23.8. The van der Waals surface area contributed by atoms with Crippen molar-refractivity contribution in [2.45, 2.75) is 18.7 Å². The summed E-state index contributed by atoms with van der Waals surface area (Å²) in [4.78, 5) is 16.7. The molecule has 1 N–H and O–H groups in total. The van der Waals surface area contributed by atoms with Crippen LogP contribution in [0.4, 0.5) is 10.1 Å². The Hall–Kier alpha value is -2.86. The lowest BCUT2D eigenvalue weighted by Crippen LogP contribution is -2.40. The van der Waals surface area contributed by atoms with Gasteiger partial charge in [-0.05, 0) is 50.2 Å². The lowest BCUT2D eigenvalue weighted by Gasteiger charge is -2.26. The number of carbonyl (C=O) groups is 1. The van der Waals surface area contributed by atoms with Crippen LogP contribution >= 0.6 is 11.6 Å². The average Bonchev–Trinajstić information content (AvgIpc) is 3.13. The van der Waals surface area contributed by atoms with Crippen LogP contribution in [0.2, 0.25) is 5.02 Å². The summed E-state index contributed by atoms with van der Waals surface area (Å²) in [6.45, 7) is 4.39. The molecular formula is C21H21ClFN5O4S. The van der Waals surface area contributed by atoms with Crippen LogP contribution in [0, 0.1) is 19.7 Å². The largest absolute Gasteiger partial charge is 0.379 e. The summed E-state index contributed by atoms with van der Waals surface area (Å²) in [5.41, 5.74) is 1.62. The van der Waals surface area contributed by atoms with Gasteiger partial charge in [-0.15, -0.1) is 0 Å². The minimum absolute atomic E-state index is 0.0800. The van der Waals surface area contributed by atoms with Gasteiger partial charge >= 0.3 is 0 Å². The summed E-state index contributed by atoms with van der Waals surface area (Å²) in [7, 11) is -4.10. The summed E-state index contributed by atoms with van der Waals surface area (Å²) < 4.78 is 48.1. The zero-order valence-corrected chi connectivity index (χ0v) is 19.5. The number of morpholine rings is 1. The van der Waals surface area contributed by atoms with Crippen molar-refractivity contribution in [1.82, 2.24) is 19.1 Å². The molecule has 0 aliphatic carbocycles. The Bertz CT molecular complexity index is 1320. The van der Waals surface area contributed by atoms with Gasteiger partial charge in [0.25, 0.3) is 5.91 Å². The topological polar surface area (TPSA) is 106 Å². The number of ether oxygens (including phenoxy) is 1. The maximum absolute atomic E-state index is 14.4. The van der Waals surface area contributed by atoms with E-state index in [9.17, 15) is 17.6 Å². The van der Waals surface area contributed by atoms with E-state index >= 15 is 0 Å². The SMILES string of the molecule is Cc1cc(C)n(-c2ccc(Cl)c(C(=O)Nc3ccc(F)c(S(=O)(=O)N4CCOCC4)c3)n2)n1. The van der Waals surface area contributed by atoms with E-state index in [0.29, 0.717) is 5.82 Å². The number of benzene rings is 1. The van der Waals surface area contributed by atoms with Crippen LogP contribution in [-0.4, -0.2) is 59.7 Å². The van der Waals surface area contributed by atoms with Crippen LogP contribution < -0.4 is 5.32 Å². The monoisotopic (exact) mass is 493 g/mol. The third-order valence-corrected chi connectivity index (χ3v) is 7.27. The molecule has 3 aromatic rings. The van der Waals surface area contributed by atoms with Crippen molar-refractivity contribution in [1.29, 1.82) is 0 Å². The van der Waals surface area contributed by atoms with Gasteiger partial charge in [0.15, 0.2) is 5.82 Å². The lowest BCUT2D eigenvalue weighted by atomic mass is 10.2. The highest BCUT2D eigenvalue weighted by molar-refractivity contribution is 7.89. The van der Waals surface area contributed by atoms with Crippen molar-refractivity contribution in [2.75, 3.05) is 31.6 Å². The predicted molar refractivity (Wildman–Crippen MR) is 120 cm³/mol. The van der Waals surface area contributed by atoms with E-state index in [4.69, 9.17) is 16.3 Å². The molecule has 174 valence electrons. The number of carbonyl (C=O) groups excluding carboxylic acids is 1. The Kier molecular flexibility index (Phi) is 6.48. The first kappa shape index (κ1) is 23.3. The third-order valence-electron chi connectivity index (χ3n) is 5.05. The Balaban J connectivity index is 1.62. The summed E-state index contributed by atoms with van der Waals surface area (Å²) >= 11 is 6.19. The van der Waals surface area contributed by atoms with Gasteiger partial charge in [0.05, 0.1) is 23.9 Å². The normalized spacial score (nSPS) is 14.9. The number of rotatable bonds is 5. The van der Waals surface area contributed by atoms with Gasteiger partial charge in [-0.3, -0.25) is 4.79 Å². The summed E-state index contributed by atoms with van der Waals surface area (Å²) in [6, 6.07) is 8.36. The highest BCUT2D eigenvalue weighted by atomic mass is 35.5. The van der Waals surface area contributed by atoms with Crippen molar-refractivity contribution in [3.8, 4) is 5.82 Å². The van der Waals surface area contributed by atoms with Gasteiger partial charge in [-0.1, -0.05) is 11.6 Å². The fourth-order valence-electron chi connectivity index (χ4n) is 3.47. The van der Waals surface area contributed by atoms with E-state index in [1.165, 1.54) is 12.1 Å². The molecule has 0 atom stereocenters. The summed E-state index contributed by atoms with van der Waals surface area (Å²) in [6.07, 6.45) is 0. The van der Waals surface area contributed by atoms with E-state index in [0.717, 1.165) is 27.8 Å². The van der Waals surface area contributed by atoms with Gasteiger partial charge in [-0.2, -0.15) is 9.40 Å². The second-order valence-corrected chi connectivity index (χ2v) is 9.77. The summed E-state index contributed by atoms with van der Waals surface area (Å²) in [5, 5.41) is 6.99. The molecule has 4 rings (SSSR count). The smallest absolute Gasteiger partial charge is 0.275 e. The Morgan fingerprint density at radius 1 is 1.15 bits per heavy atom. The number of pyridine rings is 1. The van der Waals surface area contributed by atoms with E-state index in [2.05, 4.69) is 15.4 Å². The number of aromatic nitrogens is 3. The Morgan fingerprint density at radius 3 is 2.55 bits per heavy atom. The first-order valence-electron chi connectivity index (χ1n) is 10.1. The lowest BCUT2D eigenvalue weighted by molar-refractivity contribution is 0.0729. The molecule has 0 saturated carbocycles. The molecule has 1 saturated heterocycles. The molecular weight excluding hydrogens is 473 g/mol. The average molecular weight is 494 g/mol. The number of aryl methyl sites for hydroxylation is 2. The van der Waals surface area contributed by atoms with Crippen molar-refractivity contribution in [3.63, 3.8) is 0 Å². The minimum Gasteiger partial charge on any atom is -0.379 e. The number of sulfonamides is 1. The van der Waals surface area contributed by atoms with E-state index in [1.54, 1.807) is 10.7 Å². The van der Waals surface area contributed by atoms with Crippen molar-refractivity contribution in [2.24, 2.45) is 0 Å². The molecule has 0 radical (unpaired) electrons. The highest BCUT2D eigenvalue weighted by Gasteiger charge is 2.29. The first-order valence-corrected chi connectivity index (χ1v) is 11.9. The number of hydrogen-bond acceptors (Lipinski definition) is 6. The molecule has 9 nitrogen and oxygen atoms in total. The molecule has 1 fully saturated rings. The molecule has 0 unspecified atom stereocenters. The number of amides is 1. The van der Waals surface area contributed by atoms with Gasteiger partial charge in [-0.25, -0.2) is 22.5 Å². The standard InChI is InChI=1S/C21H21ClFN5O4S/c1-13-11-14(2)28(26-13)19-6-4-16(22)20(25-19)21(29)24-15-3-5-17(23)18(12-15)33(30,31)27-7-9-32-10-8-27/h3-6,11-12H,7-10H2,1-2H3,(H,24,29). The van der Waals surface area contributed by atoms with Gasteiger partial charge in [0, 0.05) is 24.5 Å². The van der Waals surface area contributed by atoms with Crippen LogP contribution in [0.25, 0.3) is 5.82 Å². The van der Waals surface area contributed by atoms with Gasteiger partial charge in [0.2, 0.25) is 10.0 Å². The number of halogens is 2. The molecule has 12 heteroatoms. The number of anilines is 1. The quantitative estimate of drug-likeness (QED) is 0.585. The molecule has 0 bridgehead atoms. The Morgan fingerprint density at radius 2 is 1.88 bits per heavy atom. The van der Waals surface area contributed by atoms with Crippen molar-refractivity contribution in [3.05, 3.63) is 64.3 Å². The zero-order valence-electron chi connectivity index (χ0n) is 17.9. The van der Waals surface area contributed by atoms with Crippen LogP contribution in [-0.2, 0) is 14.8 Å². The molecule has 1 aliphatic rings. The fourth-order valence-corrected chi connectivity index (χ4v) is 5.15. The van der Waals surface area contributed by atoms with Crippen LogP contribution in [0.1, 0.15) is 21.9 Å². The minimum atomic E-state index is -4.10. The van der Waals surface area contributed by atoms with Crippen molar-refractivity contribution < 1.29 is 22.3 Å².